The molecule has 0 saturated heterocycles. The molecule has 0 aliphatic rings. The first-order valence-electron chi connectivity index (χ1n) is 8.17. The molecule has 0 fully saturated rings. The van der Waals surface area contributed by atoms with Crippen molar-refractivity contribution >= 4 is 43.5 Å². The Morgan fingerprint density at radius 2 is 1.69 bits per heavy atom. The first-order valence-corrected chi connectivity index (χ1v) is 8.97. The van der Waals surface area contributed by atoms with Crippen molar-refractivity contribution in [3.8, 4) is 11.1 Å². The smallest absolute Gasteiger partial charge is 0.267 e. The maximum Gasteiger partial charge on any atom is 0.267 e. The van der Waals surface area contributed by atoms with Crippen LogP contribution < -0.4 is 5.56 Å². The number of hydrogen-bond donors (Lipinski definition) is 0. The minimum absolute atomic E-state index is 0.103. The van der Waals surface area contributed by atoms with Crippen LogP contribution >= 0.6 is 15.9 Å². The molecule has 2 aromatic carbocycles. The number of fused-ring (bicyclic) bond motifs is 4. The van der Waals surface area contributed by atoms with Crippen LogP contribution in [0, 0.1) is 0 Å². The van der Waals surface area contributed by atoms with Gasteiger partial charge in [-0.3, -0.25) is 4.79 Å². The van der Waals surface area contributed by atoms with E-state index in [9.17, 15) is 4.79 Å². The molecular weight excluding hydrogens is 390 g/mol. The highest BCUT2D eigenvalue weighted by Crippen LogP contribution is 2.29. The minimum Gasteiger partial charge on any atom is -0.268 e. The van der Waals surface area contributed by atoms with E-state index in [0.29, 0.717) is 22.2 Å². The molecule has 124 valence electrons. The van der Waals surface area contributed by atoms with Crippen LogP contribution in [0.25, 0.3) is 38.7 Å². The second-order valence-electron chi connectivity index (χ2n) is 6.07. The van der Waals surface area contributed by atoms with E-state index >= 15 is 0 Å². The zero-order chi connectivity index (χ0) is 17.7. The van der Waals surface area contributed by atoms with Gasteiger partial charge in [0, 0.05) is 21.6 Å². The number of nitrogens with zero attached hydrogens (tertiary/aromatic N) is 3. The van der Waals surface area contributed by atoms with E-state index in [2.05, 4.69) is 20.9 Å². The Morgan fingerprint density at radius 1 is 0.885 bits per heavy atom. The summed E-state index contributed by atoms with van der Waals surface area (Å²) in [6.45, 7) is 0. The summed E-state index contributed by atoms with van der Waals surface area (Å²) in [7, 11) is 0. The molecule has 0 saturated carbocycles. The van der Waals surface area contributed by atoms with Gasteiger partial charge in [-0.1, -0.05) is 40.2 Å². The van der Waals surface area contributed by atoms with Gasteiger partial charge in [-0.25, -0.2) is 14.4 Å². The predicted octanol–water partition coefficient (Wildman–Crippen LogP) is 4.83. The van der Waals surface area contributed by atoms with E-state index in [0.717, 1.165) is 21.0 Å². The highest BCUT2D eigenvalue weighted by molar-refractivity contribution is 9.10. The van der Waals surface area contributed by atoms with Crippen LogP contribution in [0.4, 0.5) is 0 Å². The van der Waals surface area contributed by atoms with Crippen LogP contribution in [0.15, 0.2) is 82.2 Å². The Labute approximate surface area is 156 Å². The monoisotopic (exact) mass is 401 g/mol. The Kier molecular flexibility index (Phi) is 3.36. The van der Waals surface area contributed by atoms with Crippen LogP contribution in [0.1, 0.15) is 0 Å². The largest absolute Gasteiger partial charge is 0.268 e. The summed E-state index contributed by atoms with van der Waals surface area (Å²) in [5.41, 5.74) is 3.72. The van der Waals surface area contributed by atoms with E-state index in [1.54, 1.807) is 16.7 Å². The lowest BCUT2D eigenvalue weighted by Gasteiger charge is -2.12. The third kappa shape index (κ3) is 2.24. The molecule has 0 unspecified atom stereocenters. The molecule has 0 amide bonds. The van der Waals surface area contributed by atoms with Gasteiger partial charge < -0.3 is 0 Å². The predicted molar refractivity (Wildman–Crippen MR) is 107 cm³/mol. The normalized spacial score (nSPS) is 11.4. The van der Waals surface area contributed by atoms with Crippen molar-refractivity contribution in [3.63, 3.8) is 0 Å². The number of hydrogen-bond acceptors (Lipinski definition) is 3. The van der Waals surface area contributed by atoms with E-state index in [-0.39, 0.29) is 5.56 Å². The summed E-state index contributed by atoms with van der Waals surface area (Å²) >= 11 is 3.47. The van der Waals surface area contributed by atoms with Crippen LogP contribution in [-0.2, 0) is 0 Å². The fourth-order valence-electron chi connectivity index (χ4n) is 3.28. The zero-order valence-corrected chi connectivity index (χ0v) is 15.1. The maximum absolute atomic E-state index is 13.2. The van der Waals surface area contributed by atoms with Gasteiger partial charge in [0.25, 0.3) is 5.56 Å². The first kappa shape index (κ1) is 15.2. The molecule has 0 aliphatic heterocycles. The number of pyridine rings is 2. The molecule has 5 aromatic rings. The SMILES string of the molecule is O=c1c2ccccc2nc2c(-c3ccc(Br)cc3)cc3cccnc3n12. The molecule has 0 radical (unpaired) electrons. The molecular formula is C21H12BrN3O. The Hall–Kier alpha value is -3.05. The lowest BCUT2D eigenvalue weighted by molar-refractivity contribution is 1.10. The van der Waals surface area contributed by atoms with Crippen LogP contribution in [-0.4, -0.2) is 14.4 Å². The molecule has 5 heteroatoms. The van der Waals surface area contributed by atoms with Crippen molar-refractivity contribution in [2.75, 3.05) is 0 Å². The standard InChI is InChI=1S/C21H12BrN3O/c22-15-9-7-13(8-10-15)17-12-14-4-3-11-23-19(14)25-20(17)24-18-6-2-1-5-16(18)21(25)26/h1-12H. The number of benzene rings is 2. The number of halogens is 1. The average Bonchev–Trinajstić information content (AvgIpc) is 2.68. The lowest BCUT2D eigenvalue weighted by Crippen LogP contribution is -2.17. The van der Waals surface area contributed by atoms with Gasteiger partial charge in [-0.2, -0.15) is 0 Å². The summed E-state index contributed by atoms with van der Waals surface area (Å²) in [5, 5.41) is 1.49. The van der Waals surface area contributed by atoms with Gasteiger partial charge in [-0.05, 0) is 48.0 Å². The molecule has 4 nitrogen and oxygen atoms in total. The summed E-state index contributed by atoms with van der Waals surface area (Å²) < 4.78 is 2.62. The summed E-state index contributed by atoms with van der Waals surface area (Å²) in [6.07, 6.45) is 1.70. The van der Waals surface area contributed by atoms with Gasteiger partial charge in [0.15, 0.2) is 0 Å². The molecule has 0 bridgehead atoms. The Bertz CT molecular complexity index is 1360. The summed E-state index contributed by atoms with van der Waals surface area (Å²) in [5.74, 6) is 0. The van der Waals surface area contributed by atoms with Crippen LogP contribution in [0.5, 0.6) is 0 Å². The fraction of sp³-hybridized carbons (Fsp3) is 0. The van der Waals surface area contributed by atoms with Gasteiger partial charge in [0.05, 0.1) is 10.9 Å². The highest BCUT2D eigenvalue weighted by Gasteiger charge is 2.14. The van der Waals surface area contributed by atoms with Crippen LogP contribution in [0.2, 0.25) is 0 Å². The number of aromatic nitrogens is 3. The second kappa shape index (κ2) is 5.75. The van der Waals surface area contributed by atoms with Crippen molar-refractivity contribution in [2.24, 2.45) is 0 Å². The molecule has 26 heavy (non-hydrogen) atoms. The highest BCUT2D eigenvalue weighted by atomic mass is 79.9. The van der Waals surface area contributed by atoms with Crippen molar-refractivity contribution in [1.29, 1.82) is 0 Å². The number of rotatable bonds is 1. The molecule has 0 atom stereocenters. The molecule has 0 spiro atoms. The van der Waals surface area contributed by atoms with Crippen molar-refractivity contribution in [2.45, 2.75) is 0 Å². The van der Waals surface area contributed by atoms with Crippen molar-refractivity contribution < 1.29 is 0 Å². The molecule has 0 aliphatic carbocycles. The Morgan fingerprint density at radius 3 is 2.54 bits per heavy atom. The fourth-order valence-corrected chi connectivity index (χ4v) is 3.55. The maximum atomic E-state index is 13.2. The third-order valence-corrected chi connectivity index (χ3v) is 5.03. The van der Waals surface area contributed by atoms with Crippen LogP contribution in [0.3, 0.4) is 0 Å². The van der Waals surface area contributed by atoms with E-state index in [4.69, 9.17) is 4.98 Å². The lowest BCUT2D eigenvalue weighted by atomic mass is 10.0. The zero-order valence-electron chi connectivity index (χ0n) is 13.6. The average molecular weight is 402 g/mol. The van der Waals surface area contributed by atoms with Gasteiger partial charge in [0.2, 0.25) is 0 Å². The quantitative estimate of drug-likeness (QED) is 0.298. The topological polar surface area (TPSA) is 47.3 Å². The summed E-state index contributed by atoms with van der Waals surface area (Å²) in [4.78, 5) is 22.5. The van der Waals surface area contributed by atoms with E-state index < -0.39 is 0 Å². The van der Waals surface area contributed by atoms with Crippen molar-refractivity contribution in [1.82, 2.24) is 14.4 Å². The van der Waals surface area contributed by atoms with E-state index in [1.165, 1.54) is 0 Å². The van der Waals surface area contributed by atoms with Gasteiger partial charge in [-0.15, -0.1) is 0 Å². The van der Waals surface area contributed by atoms with Gasteiger partial charge in [0.1, 0.15) is 11.3 Å². The third-order valence-electron chi connectivity index (χ3n) is 4.50. The first-order chi connectivity index (χ1) is 12.7. The second-order valence-corrected chi connectivity index (χ2v) is 6.99. The van der Waals surface area contributed by atoms with E-state index in [1.807, 2.05) is 60.7 Å². The van der Waals surface area contributed by atoms with Crippen molar-refractivity contribution in [3.05, 3.63) is 87.8 Å². The summed E-state index contributed by atoms with van der Waals surface area (Å²) in [6, 6.07) is 21.3. The molecule has 5 rings (SSSR count). The minimum atomic E-state index is -0.103. The molecule has 0 N–H and O–H groups in total. The molecule has 3 aromatic heterocycles. The number of para-hydroxylation sites is 1. The van der Waals surface area contributed by atoms with Gasteiger partial charge >= 0.3 is 0 Å². The molecule has 3 heterocycles. The Balaban J connectivity index is 2.04.